The summed E-state index contributed by atoms with van der Waals surface area (Å²) < 4.78 is 36.6. The van der Waals surface area contributed by atoms with E-state index in [1.165, 1.54) is 0 Å². The maximum absolute atomic E-state index is 11.0. The van der Waals surface area contributed by atoms with Crippen molar-refractivity contribution < 1.29 is 21.0 Å². The molecule has 0 aromatic heterocycles. The Kier molecular flexibility index (Phi) is 8.23. The molecule has 1 rings (SSSR count). The van der Waals surface area contributed by atoms with Crippen molar-refractivity contribution in [3.8, 4) is 0 Å². The van der Waals surface area contributed by atoms with Crippen LogP contribution in [-0.2, 0) is 21.9 Å². The van der Waals surface area contributed by atoms with Crippen LogP contribution in [0.2, 0.25) is 0 Å². The monoisotopic (exact) mass is 299 g/mol. The summed E-state index contributed by atoms with van der Waals surface area (Å²) in [4.78, 5) is 11.0. The van der Waals surface area contributed by atoms with E-state index in [1.54, 1.807) is 0 Å². The van der Waals surface area contributed by atoms with E-state index in [-0.39, 0.29) is 5.91 Å². The molecule has 0 unspecified atom stereocenters. The number of rotatable bonds is 4. The van der Waals surface area contributed by atoms with Crippen LogP contribution in [0.5, 0.6) is 0 Å². The molecule has 0 bridgehead atoms. The molecule has 0 atom stereocenters. The third-order valence-electron chi connectivity index (χ3n) is 1.65. The van der Waals surface area contributed by atoms with Crippen LogP contribution in [0.4, 0.5) is 7.77 Å². The number of amides is 1. The van der Waals surface area contributed by atoms with E-state index in [4.69, 9.17) is 20.0 Å². The minimum absolute atomic E-state index is 0.00106. The third kappa shape index (κ3) is 12.9. The largest absolute Gasteiger partial charge is 0.476 e. The molecule has 8 heteroatoms. The number of hydrogen-bond acceptors (Lipinski definition) is 3. The summed E-state index contributed by atoms with van der Waals surface area (Å²) in [5.41, 5.74) is 1.10. The molecular weight excluding hydrogens is 288 g/mol. The van der Waals surface area contributed by atoms with Gasteiger partial charge in [-0.25, -0.2) is 0 Å². The first kappa shape index (κ1) is 16.8. The number of alkyl halides is 1. The highest BCUT2D eigenvalue weighted by molar-refractivity contribution is 7.81. The lowest BCUT2D eigenvalue weighted by molar-refractivity contribution is -0.120. The molecular formula is C10H12ClF2NO3S. The van der Waals surface area contributed by atoms with Crippen molar-refractivity contribution in [2.45, 2.75) is 13.0 Å². The number of carbonyl (C=O) groups excluding carboxylic acids is 1. The summed E-state index contributed by atoms with van der Waals surface area (Å²) in [6.45, 7) is 0.580. The van der Waals surface area contributed by atoms with Gasteiger partial charge in [0.1, 0.15) is 0 Å². The molecule has 102 valence electrons. The van der Waals surface area contributed by atoms with Crippen molar-refractivity contribution >= 4 is 28.1 Å². The van der Waals surface area contributed by atoms with E-state index >= 15 is 0 Å². The maximum Gasteiger partial charge on any atom is 0.476 e. The third-order valence-corrected chi connectivity index (χ3v) is 1.84. The minimum Gasteiger partial charge on any atom is -0.352 e. The van der Waals surface area contributed by atoms with Gasteiger partial charge in [0.05, 0.1) is 0 Å². The lowest BCUT2D eigenvalue weighted by Crippen LogP contribution is -2.22. The summed E-state index contributed by atoms with van der Waals surface area (Å²) in [5, 5.41) is 2.78. The Hall–Kier alpha value is -1.21. The zero-order valence-electron chi connectivity index (χ0n) is 9.27. The molecule has 1 amide bonds. The predicted molar refractivity (Wildman–Crippen MR) is 64.8 cm³/mol. The van der Waals surface area contributed by atoms with Crippen LogP contribution in [0.1, 0.15) is 12.0 Å². The fraction of sp³-hybridized carbons (Fsp3) is 0.300. The SMILES string of the molecule is O=C(CCCl)NCc1ccccc1.O=S(=O)(F)F. The smallest absolute Gasteiger partial charge is 0.352 e. The van der Waals surface area contributed by atoms with Crippen molar-refractivity contribution in [2.24, 2.45) is 0 Å². The van der Waals surface area contributed by atoms with Gasteiger partial charge in [0.15, 0.2) is 0 Å². The molecule has 0 spiro atoms. The zero-order chi connectivity index (χ0) is 14.0. The van der Waals surface area contributed by atoms with Gasteiger partial charge in [-0.3, -0.25) is 4.79 Å². The first-order valence-corrected chi connectivity index (χ1v) is 6.65. The molecule has 1 aromatic carbocycles. The number of nitrogens with one attached hydrogen (secondary N) is 1. The van der Waals surface area contributed by atoms with Gasteiger partial charge in [0.2, 0.25) is 5.91 Å². The number of benzene rings is 1. The minimum atomic E-state index is -5.67. The van der Waals surface area contributed by atoms with E-state index in [0.29, 0.717) is 18.8 Å². The normalized spacial score (nSPS) is 10.2. The fourth-order valence-electron chi connectivity index (χ4n) is 0.971. The van der Waals surface area contributed by atoms with Gasteiger partial charge < -0.3 is 5.32 Å². The first-order valence-electron chi connectivity index (χ1n) is 4.83. The quantitative estimate of drug-likeness (QED) is 0.684. The maximum atomic E-state index is 11.0. The molecule has 0 heterocycles. The Morgan fingerprint density at radius 3 is 2.17 bits per heavy atom. The molecule has 0 aliphatic heterocycles. The van der Waals surface area contributed by atoms with Crippen LogP contribution in [0.15, 0.2) is 30.3 Å². The van der Waals surface area contributed by atoms with Crippen LogP contribution in [0.3, 0.4) is 0 Å². The van der Waals surface area contributed by atoms with Gasteiger partial charge in [-0.15, -0.1) is 11.6 Å². The van der Waals surface area contributed by atoms with Crippen molar-refractivity contribution in [1.82, 2.24) is 5.32 Å². The van der Waals surface area contributed by atoms with E-state index in [1.807, 2.05) is 30.3 Å². The van der Waals surface area contributed by atoms with Crippen molar-refractivity contribution in [2.75, 3.05) is 5.88 Å². The molecule has 1 N–H and O–H groups in total. The van der Waals surface area contributed by atoms with Gasteiger partial charge in [-0.2, -0.15) is 8.42 Å². The summed E-state index contributed by atoms with van der Waals surface area (Å²) >= 11 is 5.42. The molecule has 0 saturated carbocycles. The van der Waals surface area contributed by atoms with Crippen molar-refractivity contribution in [1.29, 1.82) is 0 Å². The Labute approximate surface area is 109 Å². The van der Waals surface area contributed by atoms with Crippen molar-refractivity contribution in [3.63, 3.8) is 0 Å². The molecule has 0 aliphatic carbocycles. The van der Waals surface area contributed by atoms with E-state index in [0.717, 1.165) is 5.56 Å². The number of halogens is 3. The topological polar surface area (TPSA) is 63.2 Å². The molecule has 0 aliphatic rings. The molecule has 0 radical (unpaired) electrons. The number of hydrogen-bond donors (Lipinski definition) is 1. The van der Waals surface area contributed by atoms with Gasteiger partial charge in [0.25, 0.3) is 0 Å². The second-order valence-electron chi connectivity index (χ2n) is 3.08. The van der Waals surface area contributed by atoms with Crippen LogP contribution in [-0.4, -0.2) is 20.2 Å². The van der Waals surface area contributed by atoms with Crippen LogP contribution < -0.4 is 5.32 Å². The fourth-order valence-corrected chi connectivity index (χ4v) is 1.14. The summed E-state index contributed by atoms with van der Waals surface area (Å²) in [5.74, 6) is 0.375. The Morgan fingerprint density at radius 2 is 1.72 bits per heavy atom. The highest BCUT2D eigenvalue weighted by Gasteiger charge is 1.98. The van der Waals surface area contributed by atoms with Crippen LogP contribution >= 0.6 is 11.6 Å². The van der Waals surface area contributed by atoms with E-state index in [9.17, 15) is 12.6 Å². The summed E-state index contributed by atoms with van der Waals surface area (Å²) in [6, 6.07) is 9.79. The highest BCUT2D eigenvalue weighted by Crippen LogP contribution is 1.97. The molecule has 18 heavy (non-hydrogen) atoms. The average molecular weight is 300 g/mol. The average Bonchev–Trinajstić information content (AvgIpc) is 2.26. The second kappa shape index (κ2) is 8.82. The van der Waals surface area contributed by atoms with Gasteiger partial charge in [-0.05, 0) is 5.56 Å². The Morgan fingerprint density at radius 1 is 1.22 bits per heavy atom. The standard InChI is InChI=1S/C10H12ClNO.F2O2S/c11-7-6-10(13)12-8-9-4-2-1-3-5-9;1-5(2,3)4/h1-5H,6-8H2,(H,12,13);. The zero-order valence-corrected chi connectivity index (χ0v) is 10.8. The lowest BCUT2D eigenvalue weighted by Gasteiger charge is -2.02. The lowest BCUT2D eigenvalue weighted by atomic mass is 10.2. The predicted octanol–water partition coefficient (Wildman–Crippen LogP) is 2.10. The molecule has 4 nitrogen and oxygen atoms in total. The van der Waals surface area contributed by atoms with Crippen LogP contribution in [0.25, 0.3) is 0 Å². The summed E-state index contributed by atoms with van der Waals surface area (Å²) in [6.07, 6.45) is 0.383. The Bertz CT molecular complexity index is 445. The number of carbonyl (C=O) groups is 1. The van der Waals surface area contributed by atoms with Gasteiger partial charge in [-0.1, -0.05) is 38.1 Å². The van der Waals surface area contributed by atoms with Crippen molar-refractivity contribution in [3.05, 3.63) is 35.9 Å². The first-order chi connectivity index (χ1) is 8.33. The van der Waals surface area contributed by atoms with E-state index in [2.05, 4.69) is 5.32 Å². The highest BCUT2D eigenvalue weighted by atomic mass is 35.5. The van der Waals surface area contributed by atoms with Gasteiger partial charge >= 0.3 is 10.6 Å². The molecule has 0 saturated heterocycles. The van der Waals surface area contributed by atoms with Crippen LogP contribution in [0, 0.1) is 0 Å². The Balaban J connectivity index is 0.000000494. The summed E-state index contributed by atoms with van der Waals surface area (Å²) in [7, 11) is -5.67. The molecule has 0 fully saturated rings. The van der Waals surface area contributed by atoms with E-state index < -0.39 is 10.6 Å². The van der Waals surface area contributed by atoms with Gasteiger partial charge in [0, 0.05) is 18.8 Å². The molecule has 1 aromatic rings. The second-order valence-corrected chi connectivity index (χ2v) is 4.21.